The van der Waals surface area contributed by atoms with Gasteiger partial charge in [0.2, 0.25) is 5.69 Å². The first-order chi connectivity index (χ1) is 34.2. The van der Waals surface area contributed by atoms with Crippen LogP contribution in [-0.2, 0) is 0 Å². The maximum absolute atomic E-state index is 12.1. The summed E-state index contributed by atoms with van der Waals surface area (Å²) in [4.78, 5) is 4.66. The zero-order valence-electron chi connectivity index (χ0n) is 36.5. The fourth-order valence-corrected chi connectivity index (χ4v) is 15.1. The topological polar surface area (TPSA) is 38.0 Å². The lowest BCUT2D eigenvalue weighted by Gasteiger charge is -2.26. The van der Waals surface area contributed by atoms with Crippen LogP contribution in [-0.4, -0.2) is 9.13 Å². The van der Waals surface area contributed by atoms with Crippen LogP contribution in [0, 0.1) is 17.9 Å². The van der Waals surface area contributed by atoms with Crippen LogP contribution in [0.3, 0.4) is 0 Å². The molecule has 5 aromatic heterocycles. The molecule has 0 aliphatic carbocycles. The average molecular weight is 929 g/mol. The van der Waals surface area contributed by atoms with E-state index >= 15 is 0 Å². The minimum absolute atomic E-state index is 0.433. The summed E-state index contributed by atoms with van der Waals surface area (Å²) in [5.41, 5.74) is 9.73. The number of nitriles is 1. The largest absolute Gasteiger partial charge is 0.316 e. The first kappa shape index (κ1) is 38.5. The van der Waals surface area contributed by atoms with Gasteiger partial charge in [-0.3, -0.25) is 0 Å². The smallest absolute Gasteiger partial charge is 0.220 e. The van der Waals surface area contributed by atoms with Crippen LogP contribution in [0.1, 0.15) is 5.56 Å². The van der Waals surface area contributed by atoms with Gasteiger partial charge in [-0.2, -0.15) is 5.26 Å². The van der Waals surface area contributed by atoms with Crippen LogP contribution in [0.25, 0.3) is 143 Å². The zero-order valence-corrected chi connectivity index (χ0v) is 38.9. The molecule has 0 spiro atoms. The minimum Gasteiger partial charge on any atom is -0.316 e. The summed E-state index contributed by atoms with van der Waals surface area (Å²) in [5, 5.41) is 23.7. The molecule has 0 aliphatic heterocycles. The van der Waals surface area contributed by atoms with Crippen molar-refractivity contribution in [2.24, 2.45) is 0 Å². The Morgan fingerprint density at radius 3 is 1.25 bits per heavy atom. The van der Waals surface area contributed by atoms with Crippen molar-refractivity contribution in [3.8, 4) is 39.7 Å². The first-order valence-electron chi connectivity index (χ1n) is 22.9. The van der Waals surface area contributed by atoms with E-state index in [9.17, 15) is 11.8 Å². The summed E-state index contributed by atoms with van der Waals surface area (Å²) in [5.74, 6) is 0. The Balaban J connectivity index is 1.27. The Morgan fingerprint density at radius 1 is 0.377 bits per heavy atom. The Bertz CT molecular complexity index is 4670. The highest BCUT2D eigenvalue weighted by Gasteiger charge is 2.33. The molecule has 0 fully saturated rings. The van der Waals surface area contributed by atoms with Crippen molar-refractivity contribution in [1.82, 2.24) is 9.13 Å². The summed E-state index contributed by atoms with van der Waals surface area (Å²) in [6.45, 7) is 9.51. The maximum atomic E-state index is 12.1. The van der Waals surface area contributed by atoms with Crippen molar-refractivity contribution in [1.29, 1.82) is 5.26 Å². The van der Waals surface area contributed by atoms with Crippen LogP contribution in [0.5, 0.6) is 0 Å². The van der Waals surface area contributed by atoms with Crippen molar-refractivity contribution in [3.63, 3.8) is 0 Å². The summed E-state index contributed by atoms with van der Waals surface area (Å²) >= 11 is 5.41. The van der Waals surface area contributed by atoms with Gasteiger partial charge in [-0.25, -0.2) is 4.85 Å². The predicted molar refractivity (Wildman–Crippen MR) is 296 cm³/mol. The van der Waals surface area contributed by atoms with Gasteiger partial charge in [0.1, 0.15) is 6.07 Å². The van der Waals surface area contributed by atoms with Gasteiger partial charge in [0.25, 0.3) is 0 Å². The van der Waals surface area contributed by atoms with Crippen molar-refractivity contribution in [2.75, 3.05) is 0 Å². The van der Waals surface area contributed by atoms with Crippen molar-refractivity contribution >= 4 is 144 Å². The van der Waals surface area contributed by atoms with Gasteiger partial charge in [-0.15, -0.1) is 34.0 Å². The van der Waals surface area contributed by atoms with Crippen molar-refractivity contribution in [3.05, 3.63) is 211 Å². The van der Waals surface area contributed by atoms with Crippen LogP contribution >= 0.6 is 34.0 Å². The number of rotatable bonds is 4. The minimum atomic E-state index is 0.433. The molecule has 15 rings (SSSR count). The lowest BCUT2D eigenvalue weighted by atomic mass is 9.88. The van der Waals surface area contributed by atoms with E-state index in [1.165, 1.54) is 46.4 Å². The van der Waals surface area contributed by atoms with Gasteiger partial charge in [0.05, 0.1) is 59.7 Å². The molecule has 5 heterocycles. The third-order valence-electron chi connectivity index (χ3n) is 14.2. The highest BCUT2D eigenvalue weighted by molar-refractivity contribution is 7.27. The quantitative estimate of drug-likeness (QED) is 0.162. The van der Waals surface area contributed by atoms with E-state index in [0.29, 0.717) is 16.8 Å². The number of fused-ring (bicyclic) bond motifs is 18. The average Bonchev–Trinajstić information content (AvgIpc) is 4.23. The Hall–Kier alpha value is -8.56. The fraction of sp³-hybridized carbons (Fsp3) is 0. The molecule has 0 N–H and O–H groups in total. The van der Waals surface area contributed by atoms with Gasteiger partial charge >= 0.3 is 0 Å². The van der Waals surface area contributed by atoms with Gasteiger partial charge in [-0.1, -0.05) is 170 Å². The monoisotopic (exact) mass is 928 g/mol. The molecule has 0 saturated heterocycles. The number of hydrogen-bond acceptors (Lipinski definition) is 4. The van der Waals surface area contributed by atoms with E-state index in [0.717, 1.165) is 85.8 Å². The zero-order chi connectivity index (χ0) is 45.5. The number of benzene rings is 10. The van der Waals surface area contributed by atoms with Gasteiger partial charge in [0.15, 0.2) is 0 Å². The lowest BCUT2D eigenvalue weighted by molar-refractivity contribution is 1.14. The second-order valence-corrected chi connectivity index (χ2v) is 20.8. The summed E-state index contributed by atoms with van der Waals surface area (Å²) in [7, 11) is 0. The van der Waals surface area contributed by atoms with Gasteiger partial charge in [0, 0.05) is 79.1 Å². The van der Waals surface area contributed by atoms with E-state index in [-0.39, 0.29) is 0 Å². The number of thiophene rings is 3. The van der Waals surface area contributed by atoms with Gasteiger partial charge in [-0.05, 0) is 35.4 Å². The molecule has 0 amide bonds. The lowest BCUT2D eigenvalue weighted by Crippen LogP contribution is -2.09. The molecular formula is C62H32N4S3. The molecule has 4 nitrogen and oxygen atoms in total. The number of hydrogen-bond donors (Lipinski definition) is 0. The van der Waals surface area contributed by atoms with Gasteiger partial charge < -0.3 is 9.13 Å². The predicted octanol–water partition coefficient (Wildman–Crippen LogP) is 18.7. The molecule has 15 aromatic rings. The van der Waals surface area contributed by atoms with Crippen molar-refractivity contribution < 1.29 is 0 Å². The standard InChI is InChI=1S/C62H32N4S3/c1-64-54-52(35-16-4-2-5-17-35)47(34-63)55(65-48-24-12-8-20-37(48)41-28-31-44-38-21-9-13-25-49(38)67-60(44)56(41)65)53(36-18-6-3-7-19-36)59(54)66-57-42(29-32-45-39-22-10-14-26-50(39)68-61(45)57)43-30-33-46-40-23-11-15-27-51(40)69-62(46)58(43)66/h2-33H. The van der Waals surface area contributed by atoms with E-state index in [1.807, 2.05) is 24.3 Å². The summed E-state index contributed by atoms with van der Waals surface area (Å²) < 4.78 is 11.9. The highest BCUT2D eigenvalue weighted by atomic mass is 32.1. The number of para-hydroxylation sites is 1. The molecule has 7 heteroatoms. The van der Waals surface area contributed by atoms with E-state index in [4.69, 9.17) is 0 Å². The Morgan fingerprint density at radius 2 is 0.768 bits per heavy atom. The molecule has 0 atom stereocenters. The number of nitrogens with zero attached hydrogens (tertiary/aromatic N) is 4. The van der Waals surface area contributed by atoms with Crippen LogP contribution in [0.15, 0.2) is 194 Å². The van der Waals surface area contributed by atoms with Crippen LogP contribution < -0.4 is 0 Å². The molecule has 0 unspecified atom stereocenters. The second kappa shape index (κ2) is 14.5. The maximum Gasteiger partial charge on any atom is 0.220 e. The first-order valence-corrected chi connectivity index (χ1v) is 25.3. The van der Waals surface area contributed by atoms with Crippen LogP contribution in [0.4, 0.5) is 5.69 Å². The third-order valence-corrected chi connectivity index (χ3v) is 17.8. The summed E-state index contributed by atoms with van der Waals surface area (Å²) in [6, 6.07) is 71.8. The summed E-state index contributed by atoms with van der Waals surface area (Å²) in [6.07, 6.45) is 0. The molecule has 10 aromatic carbocycles. The molecule has 0 aliphatic rings. The highest BCUT2D eigenvalue weighted by Crippen LogP contribution is 2.55. The van der Waals surface area contributed by atoms with E-state index in [2.05, 4.69) is 190 Å². The number of aromatic nitrogens is 2. The van der Waals surface area contributed by atoms with E-state index < -0.39 is 0 Å². The fourth-order valence-electron chi connectivity index (χ4n) is 11.4. The molecule has 0 bridgehead atoms. The molecule has 318 valence electrons. The Labute approximate surface area is 406 Å². The second-order valence-electron chi connectivity index (χ2n) is 17.6. The van der Waals surface area contributed by atoms with Crippen molar-refractivity contribution in [2.45, 2.75) is 0 Å². The third kappa shape index (κ3) is 5.19. The Kier molecular flexibility index (Phi) is 8.08. The molecular weight excluding hydrogens is 897 g/mol. The van der Waals surface area contributed by atoms with E-state index in [1.54, 1.807) is 34.0 Å². The normalized spacial score (nSPS) is 12.0. The molecule has 0 radical (unpaired) electrons. The van der Waals surface area contributed by atoms with Crippen LogP contribution in [0.2, 0.25) is 0 Å². The molecule has 69 heavy (non-hydrogen) atoms. The SMILES string of the molecule is [C-]#[N+]c1c(-c2ccccc2)c(C#N)c(-n2c3ccccc3c3ccc4c5ccccc5sc4c32)c(-c2ccccc2)c1-n1c2c(ccc3c4ccccc4sc32)c2ccc3c4ccccc4sc3c21. The molecule has 0 saturated carbocycles.